The molecule has 0 amide bonds. The maximum absolute atomic E-state index is 12.8. The van der Waals surface area contributed by atoms with Gasteiger partial charge in [0.15, 0.2) is 0 Å². The normalized spacial score (nSPS) is 56.3. The summed E-state index contributed by atoms with van der Waals surface area (Å²) in [5.41, 5.74) is 0.574. The molecule has 0 aromatic rings. The Morgan fingerprint density at radius 1 is 0.941 bits per heavy atom. The lowest BCUT2D eigenvalue weighted by atomic mass is 9.33. The van der Waals surface area contributed by atoms with E-state index in [-0.39, 0.29) is 27.6 Å². The molecule has 5 aliphatic carbocycles. The summed E-state index contributed by atoms with van der Waals surface area (Å²) in [6.45, 7) is 16.3. The molecule has 0 spiro atoms. The van der Waals surface area contributed by atoms with Crippen LogP contribution in [0.4, 0.5) is 0 Å². The molecule has 0 unspecified atom stereocenters. The Morgan fingerprint density at radius 3 is 2.26 bits per heavy atom. The molecule has 0 radical (unpaired) electrons. The highest BCUT2D eigenvalue weighted by molar-refractivity contribution is 5.76. The summed E-state index contributed by atoms with van der Waals surface area (Å²) < 4.78 is 0. The smallest absolute Gasteiger partial charge is 0.310 e. The number of rotatable bonds is 1. The minimum Gasteiger partial charge on any atom is -0.481 e. The second-order valence-electron chi connectivity index (χ2n) is 14.6. The molecule has 5 rings (SSSR count). The highest BCUT2D eigenvalue weighted by atomic mass is 16.4. The van der Waals surface area contributed by atoms with Gasteiger partial charge in [-0.05, 0) is 103 Å². The van der Waals surface area contributed by atoms with E-state index in [0.29, 0.717) is 30.1 Å². The lowest BCUT2D eigenvalue weighted by Crippen LogP contribution is -2.67. The zero-order valence-electron chi connectivity index (χ0n) is 22.5. The van der Waals surface area contributed by atoms with Gasteiger partial charge < -0.3 is 15.3 Å². The van der Waals surface area contributed by atoms with Crippen LogP contribution in [0.5, 0.6) is 0 Å². The number of carbonyl (C=O) groups is 1. The predicted molar refractivity (Wildman–Crippen MR) is 134 cm³/mol. The number of hydrogen-bond donors (Lipinski definition) is 3. The molecule has 4 fully saturated rings. The van der Waals surface area contributed by atoms with Crippen molar-refractivity contribution in [2.45, 2.75) is 112 Å². The van der Waals surface area contributed by atoms with Gasteiger partial charge in [-0.2, -0.15) is 0 Å². The van der Waals surface area contributed by atoms with Gasteiger partial charge in [0.05, 0.1) is 17.6 Å². The van der Waals surface area contributed by atoms with Crippen molar-refractivity contribution in [2.24, 2.45) is 56.7 Å². The molecule has 4 nitrogen and oxygen atoms in total. The molecule has 3 N–H and O–H groups in total. The van der Waals surface area contributed by atoms with Crippen LogP contribution in [0, 0.1) is 56.7 Å². The summed E-state index contributed by atoms with van der Waals surface area (Å²) in [7, 11) is 0. The van der Waals surface area contributed by atoms with Gasteiger partial charge in [-0.25, -0.2) is 0 Å². The summed E-state index contributed by atoms with van der Waals surface area (Å²) >= 11 is 0. The van der Waals surface area contributed by atoms with Crippen molar-refractivity contribution in [3.8, 4) is 0 Å². The number of hydrogen-bond acceptors (Lipinski definition) is 3. The van der Waals surface area contributed by atoms with Crippen LogP contribution in [-0.4, -0.2) is 33.5 Å². The Morgan fingerprint density at radius 2 is 1.62 bits per heavy atom. The monoisotopic (exact) mass is 472 g/mol. The van der Waals surface area contributed by atoms with Crippen LogP contribution in [0.15, 0.2) is 11.6 Å². The zero-order valence-corrected chi connectivity index (χ0v) is 22.5. The number of aliphatic hydroxyl groups is 2. The van der Waals surface area contributed by atoms with Crippen LogP contribution in [0.2, 0.25) is 0 Å². The fourth-order valence-corrected chi connectivity index (χ4v) is 11.0. The first-order chi connectivity index (χ1) is 15.7. The number of carboxylic acids is 1. The van der Waals surface area contributed by atoms with Crippen molar-refractivity contribution >= 4 is 5.97 Å². The van der Waals surface area contributed by atoms with Gasteiger partial charge in [-0.15, -0.1) is 0 Å². The molecular weight excluding hydrogens is 424 g/mol. The van der Waals surface area contributed by atoms with Gasteiger partial charge >= 0.3 is 5.97 Å². The molecule has 4 heteroatoms. The molecule has 0 aromatic heterocycles. The van der Waals surface area contributed by atoms with E-state index in [1.165, 1.54) is 5.57 Å². The van der Waals surface area contributed by atoms with Crippen molar-refractivity contribution in [3.63, 3.8) is 0 Å². The van der Waals surface area contributed by atoms with E-state index < -0.39 is 23.6 Å². The average molecular weight is 473 g/mol. The van der Waals surface area contributed by atoms with Gasteiger partial charge in [0.2, 0.25) is 0 Å². The van der Waals surface area contributed by atoms with E-state index in [9.17, 15) is 20.1 Å². The molecule has 0 saturated heterocycles. The van der Waals surface area contributed by atoms with E-state index in [0.717, 1.165) is 44.9 Å². The second kappa shape index (κ2) is 7.34. The van der Waals surface area contributed by atoms with Crippen molar-refractivity contribution in [2.75, 3.05) is 0 Å². The standard InChI is InChI=1S/C30H48O4/c1-17-10-13-30(25(33)34)15-14-28(6)19(23(30)18(17)2)8-9-22-27(5)16-20(31)24(32)26(3,4)21(27)11-12-29(22,28)7/h8,17-18,20-24,31-32H,9-16H2,1-7H3,(H,33,34)/t17-,18+,20-,21-,22+,23-,24-,27+,28-,29-,30+/m1/s1. The van der Waals surface area contributed by atoms with E-state index in [4.69, 9.17) is 0 Å². The minimum atomic E-state index is -0.679. The van der Waals surface area contributed by atoms with Crippen LogP contribution in [0.1, 0.15) is 99.8 Å². The molecule has 11 atom stereocenters. The van der Waals surface area contributed by atoms with Crippen LogP contribution in [0.25, 0.3) is 0 Å². The molecule has 192 valence electrons. The van der Waals surface area contributed by atoms with E-state index in [1.54, 1.807) is 0 Å². The van der Waals surface area contributed by atoms with Crippen molar-refractivity contribution in [1.29, 1.82) is 0 Å². The Bertz CT molecular complexity index is 907. The van der Waals surface area contributed by atoms with E-state index in [2.05, 4.69) is 54.5 Å². The lowest BCUT2D eigenvalue weighted by molar-refractivity contribution is -0.232. The SMILES string of the molecule is C[C@H]1[C@H](C)CC[C@]2(C(=O)O)CC[C@]3(C)C(=CC[C@H]4[C@@]5(C)C[C@@H](O)[C@@H](O)C(C)(C)[C@H]5CC[C@]43C)[C@@H]12. The Kier molecular flexibility index (Phi) is 5.36. The Balaban J connectivity index is 1.62. The number of allylic oxidation sites excluding steroid dienone is 2. The summed E-state index contributed by atoms with van der Waals surface area (Å²) in [5, 5.41) is 32.4. The van der Waals surface area contributed by atoms with Gasteiger partial charge in [0.25, 0.3) is 0 Å². The Hall–Kier alpha value is -0.870. The molecule has 0 aliphatic heterocycles. The topological polar surface area (TPSA) is 77.8 Å². The van der Waals surface area contributed by atoms with Crippen molar-refractivity contribution in [1.82, 2.24) is 0 Å². The zero-order chi connectivity index (χ0) is 25.1. The van der Waals surface area contributed by atoms with Crippen LogP contribution in [0.3, 0.4) is 0 Å². The molecular formula is C30H48O4. The third-order valence-corrected chi connectivity index (χ3v) is 13.4. The van der Waals surface area contributed by atoms with Crippen LogP contribution >= 0.6 is 0 Å². The first-order valence-corrected chi connectivity index (χ1v) is 14.0. The number of aliphatic carboxylic acids is 1. The maximum atomic E-state index is 12.8. The molecule has 0 aromatic carbocycles. The largest absolute Gasteiger partial charge is 0.481 e. The highest BCUT2D eigenvalue weighted by Crippen LogP contribution is 2.75. The van der Waals surface area contributed by atoms with Crippen molar-refractivity contribution in [3.05, 3.63) is 11.6 Å². The van der Waals surface area contributed by atoms with Gasteiger partial charge in [-0.1, -0.05) is 60.1 Å². The third-order valence-electron chi connectivity index (χ3n) is 13.4. The first kappa shape index (κ1) is 24.8. The van der Waals surface area contributed by atoms with Crippen molar-refractivity contribution < 1.29 is 20.1 Å². The quantitative estimate of drug-likeness (QED) is 0.405. The fraction of sp³-hybridized carbons (Fsp3) is 0.900. The summed E-state index contributed by atoms with van der Waals surface area (Å²) in [6, 6.07) is 0. The van der Waals surface area contributed by atoms with E-state index >= 15 is 0 Å². The maximum Gasteiger partial charge on any atom is 0.310 e. The van der Waals surface area contributed by atoms with Gasteiger partial charge in [0.1, 0.15) is 0 Å². The Labute approximate surface area is 206 Å². The lowest BCUT2D eigenvalue weighted by Gasteiger charge is -2.71. The third kappa shape index (κ3) is 2.76. The molecule has 4 saturated carbocycles. The fourth-order valence-electron chi connectivity index (χ4n) is 11.0. The summed E-state index contributed by atoms with van der Waals surface area (Å²) in [5.74, 6) is 1.30. The number of carboxylic acid groups (broad SMARTS) is 1. The van der Waals surface area contributed by atoms with Gasteiger partial charge in [0, 0.05) is 0 Å². The molecule has 34 heavy (non-hydrogen) atoms. The molecule has 0 bridgehead atoms. The van der Waals surface area contributed by atoms with Crippen LogP contribution < -0.4 is 0 Å². The van der Waals surface area contributed by atoms with Crippen LogP contribution in [-0.2, 0) is 4.79 Å². The van der Waals surface area contributed by atoms with Gasteiger partial charge in [-0.3, -0.25) is 4.79 Å². The minimum absolute atomic E-state index is 0.00993. The average Bonchev–Trinajstić information content (AvgIpc) is 2.75. The summed E-state index contributed by atoms with van der Waals surface area (Å²) in [4.78, 5) is 12.8. The highest BCUT2D eigenvalue weighted by Gasteiger charge is 2.70. The summed E-state index contributed by atoms with van der Waals surface area (Å²) in [6.07, 6.45) is 8.53. The second-order valence-corrected chi connectivity index (χ2v) is 14.6. The number of fused-ring (bicyclic) bond motifs is 7. The molecule has 5 aliphatic rings. The predicted octanol–water partition coefficient (Wildman–Crippen LogP) is 6.06. The molecule has 0 heterocycles. The number of aliphatic hydroxyl groups excluding tert-OH is 2. The van der Waals surface area contributed by atoms with E-state index in [1.807, 2.05) is 0 Å². The first-order valence-electron chi connectivity index (χ1n) is 14.0.